The van der Waals surface area contributed by atoms with Gasteiger partial charge in [0, 0.05) is 43.9 Å². The largest absolute Gasteiger partial charge is 0.309 e. The molecule has 3 aromatic heterocycles. The molecular weight excluding hydrogens is 713 g/mol. The fraction of sp³-hybridized carbons (Fsp3) is 0. The van der Waals surface area contributed by atoms with Gasteiger partial charge in [0.2, 0.25) is 0 Å². The fourth-order valence-electron chi connectivity index (χ4n) is 8.08. The van der Waals surface area contributed by atoms with Gasteiger partial charge < -0.3 is 9.13 Å². The Bertz CT molecular complexity index is 3360. The fourth-order valence-corrected chi connectivity index (χ4v) is 8.08. The number of nitriles is 4. The van der Waals surface area contributed by atoms with Crippen molar-refractivity contribution < 1.29 is 0 Å². The highest BCUT2D eigenvalue weighted by Gasteiger charge is 2.22. The van der Waals surface area contributed by atoms with Crippen LogP contribution in [0, 0.1) is 45.3 Å². The van der Waals surface area contributed by atoms with Crippen LogP contribution in [0.3, 0.4) is 0 Å². The minimum Gasteiger partial charge on any atom is -0.309 e. The first kappa shape index (κ1) is 33.7. The molecule has 266 valence electrons. The molecule has 0 saturated heterocycles. The van der Waals surface area contributed by atoms with E-state index in [-0.39, 0.29) is 0 Å². The highest BCUT2D eigenvalue weighted by atomic mass is 15.0. The van der Waals surface area contributed by atoms with Gasteiger partial charge in [0.1, 0.15) is 12.1 Å². The van der Waals surface area contributed by atoms with Crippen molar-refractivity contribution >= 4 is 43.6 Å². The molecule has 0 aliphatic carbocycles. The molecule has 0 aliphatic rings. The van der Waals surface area contributed by atoms with E-state index in [1.54, 1.807) is 54.6 Å². The summed E-state index contributed by atoms with van der Waals surface area (Å²) in [5.41, 5.74) is 9.80. The van der Waals surface area contributed by atoms with E-state index in [9.17, 15) is 21.0 Å². The maximum atomic E-state index is 10.8. The van der Waals surface area contributed by atoms with Gasteiger partial charge in [-0.15, -0.1) is 0 Å². The van der Waals surface area contributed by atoms with Gasteiger partial charge in [-0.25, -0.2) is 9.97 Å². The van der Waals surface area contributed by atoms with Crippen molar-refractivity contribution in [2.75, 3.05) is 0 Å². The minimum atomic E-state index is 0.294. The van der Waals surface area contributed by atoms with Crippen molar-refractivity contribution in [2.45, 2.75) is 0 Å². The second-order valence-electron chi connectivity index (χ2n) is 13.9. The summed E-state index contributed by atoms with van der Waals surface area (Å²) in [6.45, 7) is 0. The number of hydrogen-bond donors (Lipinski definition) is 0. The molecule has 3 heterocycles. The van der Waals surface area contributed by atoms with Crippen LogP contribution in [0.25, 0.3) is 88.9 Å². The van der Waals surface area contributed by atoms with E-state index in [2.05, 4.69) is 102 Å². The Morgan fingerprint density at radius 2 is 0.879 bits per heavy atom. The lowest BCUT2D eigenvalue weighted by Crippen LogP contribution is -2.03. The van der Waals surface area contributed by atoms with Gasteiger partial charge >= 0.3 is 0 Å². The highest BCUT2D eigenvalue weighted by molar-refractivity contribution is 6.12. The van der Waals surface area contributed by atoms with Crippen LogP contribution in [-0.2, 0) is 0 Å². The van der Waals surface area contributed by atoms with Gasteiger partial charge in [-0.3, -0.25) is 0 Å². The Hall–Kier alpha value is -8.82. The molecule has 58 heavy (non-hydrogen) atoms. The van der Waals surface area contributed by atoms with Crippen LogP contribution < -0.4 is 0 Å². The lowest BCUT2D eigenvalue weighted by Gasteiger charge is -2.15. The molecule has 8 heteroatoms. The van der Waals surface area contributed by atoms with Crippen molar-refractivity contribution in [1.29, 1.82) is 21.0 Å². The number of nitrogens with zero attached hydrogens (tertiary/aromatic N) is 8. The molecule has 0 N–H and O–H groups in total. The second kappa shape index (κ2) is 13.5. The van der Waals surface area contributed by atoms with Gasteiger partial charge in [0.25, 0.3) is 0 Å². The van der Waals surface area contributed by atoms with Gasteiger partial charge in [-0.1, -0.05) is 78.9 Å². The van der Waals surface area contributed by atoms with Gasteiger partial charge in [0.15, 0.2) is 5.82 Å². The minimum absolute atomic E-state index is 0.294. The van der Waals surface area contributed by atoms with E-state index in [0.717, 1.165) is 38.5 Å². The number of rotatable bonds is 5. The van der Waals surface area contributed by atoms with Crippen LogP contribution in [0.4, 0.5) is 0 Å². The third-order valence-electron chi connectivity index (χ3n) is 10.6. The molecular formula is C50H26N8. The summed E-state index contributed by atoms with van der Waals surface area (Å²) in [5, 5.41) is 45.3. The van der Waals surface area contributed by atoms with Crippen LogP contribution >= 0.6 is 0 Å². The zero-order chi connectivity index (χ0) is 39.3. The predicted molar refractivity (Wildman–Crippen MR) is 226 cm³/mol. The first-order valence-electron chi connectivity index (χ1n) is 18.5. The van der Waals surface area contributed by atoms with E-state index in [4.69, 9.17) is 9.97 Å². The molecule has 0 aliphatic heterocycles. The van der Waals surface area contributed by atoms with E-state index in [1.807, 2.05) is 34.9 Å². The zero-order valence-corrected chi connectivity index (χ0v) is 30.6. The van der Waals surface area contributed by atoms with E-state index < -0.39 is 0 Å². The van der Waals surface area contributed by atoms with Crippen molar-refractivity contribution in [3.8, 4) is 69.6 Å². The monoisotopic (exact) mass is 738 g/mol. The smallest absolute Gasteiger partial charge is 0.160 e. The molecule has 0 saturated carbocycles. The average Bonchev–Trinajstić information content (AvgIpc) is 3.80. The summed E-state index contributed by atoms with van der Waals surface area (Å²) in [5.74, 6) is 0.356. The van der Waals surface area contributed by atoms with Crippen LogP contribution in [0.15, 0.2) is 158 Å². The first-order chi connectivity index (χ1) is 28.6. The Kier molecular flexibility index (Phi) is 7.84. The quantitative estimate of drug-likeness (QED) is 0.173. The summed E-state index contributed by atoms with van der Waals surface area (Å²) in [4.78, 5) is 9.78. The molecule has 0 fully saturated rings. The number of para-hydroxylation sites is 3. The normalized spacial score (nSPS) is 11.0. The maximum absolute atomic E-state index is 10.8. The summed E-state index contributed by atoms with van der Waals surface area (Å²) in [6.07, 6.45) is 0. The maximum Gasteiger partial charge on any atom is 0.160 e. The number of benzene rings is 7. The lowest BCUT2D eigenvalue weighted by molar-refractivity contribution is 1.14. The summed E-state index contributed by atoms with van der Waals surface area (Å²) < 4.78 is 4.29. The topological polar surface area (TPSA) is 131 Å². The summed E-state index contributed by atoms with van der Waals surface area (Å²) in [6, 6.07) is 59.8. The molecule has 10 rings (SSSR count). The van der Waals surface area contributed by atoms with Gasteiger partial charge in [-0.05, 0) is 78.9 Å². The molecule has 0 spiro atoms. The Labute approximate surface area is 332 Å². The molecule has 0 unspecified atom stereocenters. The van der Waals surface area contributed by atoms with Crippen LogP contribution in [0.1, 0.15) is 22.3 Å². The van der Waals surface area contributed by atoms with Crippen LogP contribution in [-0.4, -0.2) is 19.1 Å². The SMILES string of the molecule is N#Cc1cccc(-c2cc(-c3cc(C#N)c(-n4c5ccccc5c5cc(-n6c7ccccc7c7ccccc76)ccc54)c(C#N)c3)nc(-c3cccc(C#N)c3)n2)c1. The number of fused-ring (bicyclic) bond motifs is 6. The predicted octanol–water partition coefficient (Wildman–Crippen LogP) is 11.2. The van der Waals surface area contributed by atoms with Gasteiger partial charge in [0.05, 0.1) is 73.5 Å². The van der Waals surface area contributed by atoms with E-state index in [1.165, 1.54) is 10.8 Å². The lowest BCUT2D eigenvalue weighted by atomic mass is 9.99. The van der Waals surface area contributed by atoms with E-state index in [0.29, 0.717) is 61.8 Å². The standard InChI is InChI=1S/C50H26N8/c51-27-31-9-7-11-33(21-31)43-26-44(56-50(55-43)34-12-8-10-32(22-34)28-52)35-23-36(29-53)49(37(24-35)30-54)58-47-18-6-3-15-41(47)42-25-38(19-20-48(42)58)57-45-16-4-1-13-39(45)40-14-2-5-17-46(40)57/h1-26H. The molecule has 0 atom stereocenters. The summed E-state index contributed by atoms with van der Waals surface area (Å²) in [7, 11) is 0. The summed E-state index contributed by atoms with van der Waals surface area (Å²) >= 11 is 0. The van der Waals surface area contributed by atoms with Crippen LogP contribution in [0.5, 0.6) is 0 Å². The molecule has 0 amide bonds. The number of hydrogen-bond acceptors (Lipinski definition) is 6. The molecule has 8 nitrogen and oxygen atoms in total. The average molecular weight is 739 g/mol. The van der Waals surface area contributed by atoms with Crippen molar-refractivity contribution in [1.82, 2.24) is 19.1 Å². The highest BCUT2D eigenvalue weighted by Crippen LogP contribution is 2.39. The van der Waals surface area contributed by atoms with Crippen LogP contribution in [0.2, 0.25) is 0 Å². The van der Waals surface area contributed by atoms with Crippen molar-refractivity contribution in [2.24, 2.45) is 0 Å². The second-order valence-corrected chi connectivity index (χ2v) is 13.9. The van der Waals surface area contributed by atoms with Gasteiger partial charge in [-0.2, -0.15) is 21.0 Å². The van der Waals surface area contributed by atoms with E-state index >= 15 is 0 Å². The third-order valence-corrected chi connectivity index (χ3v) is 10.6. The molecule has 7 aromatic carbocycles. The van der Waals surface area contributed by atoms with Crippen molar-refractivity contribution in [3.63, 3.8) is 0 Å². The Morgan fingerprint density at radius 1 is 0.379 bits per heavy atom. The third kappa shape index (κ3) is 5.35. The zero-order valence-electron chi connectivity index (χ0n) is 30.6. The Balaban J connectivity index is 1.18. The Morgan fingerprint density at radius 3 is 1.47 bits per heavy atom. The van der Waals surface area contributed by atoms with Crippen molar-refractivity contribution in [3.05, 3.63) is 180 Å². The molecule has 10 aromatic rings. The number of aromatic nitrogens is 4. The molecule has 0 radical (unpaired) electrons. The first-order valence-corrected chi connectivity index (χ1v) is 18.5. The molecule has 0 bridgehead atoms.